The van der Waals surface area contributed by atoms with Gasteiger partial charge in [0.25, 0.3) is 15.9 Å². The molecule has 32 heavy (non-hydrogen) atoms. The molecule has 8 nitrogen and oxygen atoms in total. The van der Waals surface area contributed by atoms with Gasteiger partial charge >= 0.3 is 0 Å². The van der Waals surface area contributed by atoms with Crippen LogP contribution >= 0.6 is 11.6 Å². The zero-order chi connectivity index (χ0) is 23.9. The first-order valence-corrected chi connectivity index (χ1v) is 11.8. The van der Waals surface area contributed by atoms with Crippen molar-refractivity contribution in [3.05, 3.63) is 47.0 Å². The van der Waals surface area contributed by atoms with E-state index < -0.39 is 10.0 Å². The first kappa shape index (κ1) is 25.8. The largest absolute Gasteiger partial charge is 0.495 e. The van der Waals surface area contributed by atoms with Crippen LogP contribution in [0.1, 0.15) is 30.6 Å². The average molecular weight is 485 g/mol. The number of methoxy groups -OCH3 is 2. The van der Waals surface area contributed by atoms with Gasteiger partial charge in [-0.15, -0.1) is 0 Å². The van der Waals surface area contributed by atoms with Gasteiger partial charge in [-0.2, -0.15) is 0 Å². The first-order valence-electron chi connectivity index (χ1n) is 10.0. The van der Waals surface area contributed by atoms with E-state index in [4.69, 9.17) is 25.8 Å². The summed E-state index contributed by atoms with van der Waals surface area (Å²) in [4.78, 5) is 12.4. The van der Waals surface area contributed by atoms with Gasteiger partial charge in [0.1, 0.15) is 11.5 Å². The summed E-state index contributed by atoms with van der Waals surface area (Å²) in [6, 6.07) is 8.81. The fourth-order valence-electron chi connectivity index (χ4n) is 2.87. The van der Waals surface area contributed by atoms with Gasteiger partial charge in [0.05, 0.1) is 35.9 Å². The molecule has 0 saturated carbocycles. The smallest absolute Gasteiger partial charge is 0.264 e. The maximum atomic E-state index is 13.3. The monoisotopic (exact) mass is 484 g/mol. The molecule has 0 atom stereocenters. The molecular weight excluding hydrogens is 456 g/mol. The van der Waals surface area contributed by atoms with Gasteiger partial charge in [-0.3, -0.25) is 9.10 Å². The molecular formula is C22H29ClN2O6S. The Bertz CT molecular complexity index is 1040. The predicted octanol–water partition coefficient (Wildman–Crippen LogP) is 3.73. The van der Waals surface area contributed by atoms with E-state index in [0.717, 1.165) is 4.31 Å². The fourth-order valence-corrected chi connectivity index (χ4v) is 4.35. The van der Waals surface area contributed by atoms with Crippen molar-refractivity contribution >= 4 is 33.2 Å². The average Bonchev–Trinajstić information content (AvgIpc) is 2.77. The van der Waals surface area contributed by atoms with Gasteiger partial charge in [-0.1, -0.05) is 17.7 Å². The number of halogens is 1. The van der Waals surface area contributed by atoms with E-state index in [2.05, 4.69) is 5.32 Å². The molecule has 0 aromatic heterocycles. The van der Waals surface area contributed by atoms with Crippen molar-refractivity contribution in [1.82, 2.24) is 5.32 Å². The third kappa shape index (κ3) is 6.27. The molecule has 0 unspecified atom stereocenters. The Kier molecular flexibility index (Phi) is 9.18. The van der Waals surface area contributed by atoms with Gasteiger partial charge in [-0.05, 0) is 44.5 Å². The summed E-state index contributed by atoms with van der Waals surface area (Å²) in [6.45, 7) is 4.83. The molecule has 1 amide bonds. The second kappa shape index (κ2) is 11.4. The molecule has 10 heteroatoms. The Hall–Kier alpha value is -2.49. The zero-order valence-electron chi connectivity index (χ0n) is 18.8. The van der Waals surface area contributed by atoms with Crippen molar-refractivity contribution < 1.29 is 27.4 Å². The molecule has 1 N–H and O–H groups in total. The highest BCUT2D eigenvalue weighted by atomic mass is 35.5. The van der Waals surface area contributed by atoms with E-state index in [1.165, 1.54) is 51.6 Å². The number of sulfonamides is 1. The normalized spacial score (nSPS) is 11.3. The van der Waals surface area contributed by atoms with Crippen LogP contribution in [-0.2, 0) is 14.8 Å². The van der Waals surface area contributed by atoms with E-state index in [1.807, 2.05) is 13.8 Å². The highest BCUT2D eigenvalue weighted by Crippen LogP contribution is 2.39. The molecule has 0 radical (unpaired) electrons. The van der Waals surface area contributed by atoms with Gasteiger partial charge in [-0.25, -0.2) is 8.42 Å². The summed E-state index contributed by atoms with van der Waals surface area (Å²) in [7, 11) is 0.258. The van der Waals surface area contributed by atoms with Crippen molar-refractivity contribution in [1.29, 1.82) is 0 Å². The van der Waals surface area contributed by atoms with Gasteiger partial charge < -0.3 is 19.5 Å². The first-order chi connectivity index (χ1) is 15.1. The molecule has 0 saturated heterocycles. The lowest BCUT2D eigenvalue weighted by atomic mass is 10.2. The standard InChI is InChI=1S/C22H29ClN2O6S/c1-15(2)31-11-7-10-24-22(26)16-8-6-9-17(12-16)32(27,28)25(3)19-13-18(23)20(29-4)14-21(19)30-5/h6,8-9,12-15H,7,10-11H2,1-5H3,(H,24,26). The SMILES string of the molecule is COc1cc(OC)c(N(C)S(=O)(=O)c2cccc(C(=O)NCCCOC(C)C)c2)cc1Cl. The van der Waals surface area contributed by atoms with Crippen molar-refractivity contribution in [2.45, 2.75) is 31.3 Å². The van der Waals surface area contributed by atoms with E-state index in [1.54, 1.807) is 6.07 Å². The maximum Gasteiger partial charge on any atom is 0.264 e. The number of nitrogens with one attached hydrogen (secondary N) is 1. The summed E-state index contributed by atoms with van der Waals surface area (Å²) in [5, 5.41) is 3.01. The van der Waals surface area contributed by atoms with Gasteiger partial charge in [0, 0.05) is 31.8 Å². The minimum absolute atomic E-state index is 0.0372. The van der Waals surface area contributed by atoms with Crippen molar-refractivity contribution in [2.24, 2.45) is 0 Å². The lowest BCUT2D eigenvalue weighted by Crippen LogP contribution is -2.28. The van der Waals surface area contributed by atoms with E-state index >= 15 is 0 Å². The number of rotatable bonds is 11. The van der Waals surface area contributed by atoms with E-state index in [0.29, 0.717) is 25.3 Å². The summed E-state index contributed by atoms with van der Waals surface area (Å²) in [5.41, 5.74) is 0.474. The second-order valence-corrected chi connectivity index (χ2v) is 9.56. The van der Waals surface area contributed by atoms with Crippen molar-refractivity contribution in [3.8, 4) is 11.5 Å². The number of benzene rings is 2. The molecule has 0 aliphatic rings. The summed E-state index contributed by atoms with van der Waals surface area (Å²) < 4.78 is 43.5. The van der Waals surface area contributed by atoms with Crippen LogP contribution in [-0.4, -0.2) is 54.8 Å². The molecule has 2 rings (SSSR count). The minimum atomic E-state index is -4.00. The summed E-state index contributed by atoms with van der Waals surface area (Å²) >= 11 is 6.19. The van der Waals surface area contributed by atoms with Crippen LogP contribution < -0.4 is 19.1 Å². The van der Waals surface area contributed by atoms with E-state index in [9.17, 15) is 13.2 Å². The highest BCUT2D eigenvalue weighted by Gasteiger charge is 2.26. The van der Waals surface area contributed by atoms with Crippen LogP contribution in [0.4, 0.5) is 5.69 Å². The van der Waals surface area contributed by atoms with E-state index in [-0.39, 0.29) is 38.9 Å². The number of carbonyl (C=O) groups is 1. The maximum absolute atomic E-state index is 13.3. The molecule has 0 aliphatic carbocycles. The summed E-state index contributed by atoms with van der Waals surface area (Å²) in [6.07, 6.45) is 0.784. The molecule has 2 aromatic rings. The fraction of sp³-hybridized carbons (Fsp3) is 0.409. The molecule has 0 aliphatic heterocycles. The Morgan fingerprint density at radius 3 is 2.44 bits per heavy atom. The Balaban J connectivity index is 2.23. The molecule has 176 valence electrons. The van der Waals surface area contributed by atoms with Crippen molar-refractivity contribution in [2.75, 3.05) is 38.7 Å². The van der Waals surface area contributed by atoms with Crippen LogP contribution in [0.2, 0.25) is 5.02 Å². The predicted molar refractivity (Wildman–Crippen MR) is 125 cm³/mol. The van der Waals surface area contributed by atoms with Crippen LogP contribution in [0.5, 0.6) is 11.5 Å². The topological polar surface area (TPSA) is 94.2 Å². The molecule has 0 fully saturated rings. The van der Waals surface area contributed by atoms with Crippen LogP contribution in [0.3, 0.4) is 0 Å². The zero-order valence-corrected chi connectivity index (χ0v) is 20.4. The van der Waals surface area contributed by atoms with Gasteiger partial charge in [0.15, 0.2) is 0 Å². The number of hydrogen-bond donors (Lipinski definition) is 1. The number of hydrogen-bond acceptors (Lipinski definition) is 6. The minimum Gasteiger partial charge on any atom is -0.495 e. The quantitative estimate of drug-likeness (QED) is 0.488. The number of ether oxygens (including phenoxy) is 3. The van der Waals surface area contributed by atoms with Crippen LogP contribution in [0.25, 0.3) is 0 Å². The highest BCUT2D eigenvalue weighted by molar-refractivity contribution is 7.92. The lowest BCUT2D eigenvalue weighted by molar-refractivity contribution is 0.0757. The number of anilines is 1. The number of amides is 1. The Labute approximate surface area is 194 Å². The molecule has 0 heterocycles. The molecule has 2 aromatic carbocycles. The second-order valence-electron chi connectivity index (χ2n) is 7.19. The van der Waals surface area contributed by atoms with Gasteiger partial charge in [0.2, 0.25) is 0 Å². The molecule has 0 spiro atoms. The van der Waals surface area contributed by atoms with Crippen molar-refractivity contribution in [3.63, 3.8) is 0 Å². The van der Waals surface area contributed by atoms with Crippen LogP contribution in [0.15, 0.2) is 41.3 Å². The Morgan fingerprint density at radius 2 is 1.81 bits per heavy atom. The summed E-state index contributed by atoms with van der Waals surface area (Å²) in [5.74, 6) is 0.268. The number of carbonyl (C=O) groups excluding carboxylic acids is 1. The van der Waals surface area contributed by atoms with Crippen LogP contribution in [0, 0.1) is 0 Å². The molecule has 0 bridgehead atoms. The third-order valence-electron chi connectivity index (χ3n) is 4.61. The number of nitrogens with zero attached hydrogens (tertiary/aromatic N) is 1. The third-order valence-corrected chi connectivity index (χ3v) is 6.67. The lowest BCUT2D eigenvalue weighted by Gasteiger charge is -2.23. The Morgan fingerprint density at radius 1 is 1.12 bits per heavy atom.